The SMILES string of the molecule is Cc1nc(C2(NC(=O)c3ccc(S(=O)(=O)Nc4ccncc4)cc3)CCCCCC2)no1. The van der Waals surface area contributed by atoms with Crippen molar-refractivity contribution in [2.45, 2.75) is 55.9 Å². The molecule has 0 atom stereocenters. The lowest BCUT2D eigenvalue weighted by Crippen LogP contribution is -2.46. The van der Waals surface area contributed by atoms with Gasteiger partial charge in [0.05, 0.1) is 10.6 Å². The Morgan fingerprint density at radius 1 is 1.00 bits per heavy atom. The number of pyridine rings is 1. The zero-order valence-corrected chi connectivity index (χ0v) is 18.6. The number of carbonyl (C=O) groups excluding carboxylic acids is 1. The van der Waals surface area contributed by atoms with Crippen LogP contribution in [-0.4, -0.2) is 29.4 Å². The van der Waals surface area contributed by atoms with Crippen molar-refractivity contribution < 1.29 is 17.7 Å². The second-order valence-electron chi connectivity index (χ2n) is 7.95. The molecule has 0 radical (unpaired) electrons. The van der Waals surface area contributed by atoms with Gasteiger partial charge in [-0.2, -0.15) is 4.98 Å². The van der Waals surface area contributed by atoms with Crippen LogP contribution < -0.4 is 10.0 Å². The van der Waals surface area contributed by atoms with Crippen molar-refractivity contribution in [3.05, 3.63) is 66.1 Å². The van der Waals surface area contributed by atoms with E-state index in [1.165, 1.54) is 36.7 Å². The third kappa shape index (κ3) is 4.80. The van der Waals surface area contributed by atoms with Crippen molar-refractivity contribution in [3.8, 4) is 0 Å². The number of amides is 1. The molecule has 4 rings (SSSR count). The Bertz CT molecular complexity index is 1170. The Kier molecular flexibility index (Phi) is 6.22. The molecule has 1 aliphatic rings. The number of carbonyl (C=O) groups is 1. The molecule has 1 amide bonds. The van der Waals surface area contributed by atoms with Crippen LogP contribution in [0.2, 0.25) is 0 Å². The summed E-state index contributed by atoms with van der Waals surface area (Å²) in [6.45, 7) is 1.72. The summed E-state index contributed by atoms with van der Waals surface area (Å²) >= 11 is 0. The van der Waals surface area contributed by atoms with Crippen LogP contribution in [0.15, 0.2) is 58.2 Å². The highest BCUT2D eigenvalue weighted by atomic mass is 32.2. The minimum atomic E-state index is -3.78. The number of sulfonamides is 1. The van der Waals surface area contributed by atoms with E-state index in [-0.39, 0.29) is 10.8 Å². The van der Waals surface area contributed by atoms with Crippen LogP contribution in [0.5, 0.6) is 0 Å². The fourth-order valence-corrected chi connectivity index (χ4v) is 5.00. The first-order valence-corrected chi connectivity index (χ1v) is 12.0. The van der Waals surface area contributed by atoms with Gasteiger partial charge >= 0.3 is 0 Å². The third-order valence-corrected chi connectivity index (χ3v) is 7.02. The quantitative estimate of drug-likeness (QED) is 0.544. The van der Waals surface area contributed by atoms with Crippen molar-refractivity contribution in [2.24, 2.45) is 0 Å². The molecule has 1 aromatic carbocycles. The lowest BCUT2D eigenvalue weighted by Gasteiger charge is -2.30. The van der Waals surface area contributed by atoms with Gasteiger partial charge in [0.25, 0.3) is 15.9 Å². The van der Waals surface area contributed by atoms with E-state index in [0.717, 1.165) is 38.5 Å². The van der Waals surface area contributed by atoms with Gasteiger partial charge in [-0.3, -0.25) is 14.5 Å². The second-order valence-corrected chi connectivity index (χ2v) is 9.64. The van der Waals surface area contributed by atoms with Gasteiger partial charge in [0.1, 0.15) is 5.54 Å². The first-order valence-electron chi connectivity index (χ1n) is 10.5. The average Bonchev–Trinajstić information content (AvgIpc) is 3.09. The first-order chi connectivity index (χ1) is 15.4. The summed E-state index contributed by atoms with van der Waals surface area (Å²) in [6, 6.07) is 8.95. The largest absolute Gasteiger partial charge is 0.340 e. The maximum atomic E-state index is 13.1. The highest BCUT2D eigenvalue weighted by Crippen LogP contribution is 2.35. The van der Waals surface area contributed by atoms with Crippen molar-refractivity contribution in [2.75, 3.05) is 4.72 Å². The van der Waals surface area contributed by atoms with Crippen LogP contribution >= 0.6 is 0 Å². The normalized spacial score (nSPS) is 16.2. The number of rotatable bonds is 6. The van der Waals surface area contributed by atoms with Gasteiger partial charge in [-0.15, -0.1) is 0 Å². The predicted molar refractivity (Wildman–Crippen MR) is 117 cm³/mol. The molecule has 32 heavy (non-hydrogen) atoms. The molecule has 1 saturated carbocycles. The number of hydrogen-bond acceptors (Lipinski definition) is 7. The minimum absolute atomic E-state index is 0.0591. The van der Waals surface area contributed by atoms with Crippen LogP contribution in [0.3, 0.4) is 0 Å². The zero-order chi connectivity index (χ0) is 22.6. The van der Waals surface area contributed by atoms with E-state index < -0.39 is 15.6 Å². The van der Waals surface area contributed by atoms with Crippen LogP contribution in [0.25, 0.3) is 0 Å². The highest BCUT2D eigenvalue weighted by molar-refractivity contribution is 7.92. The summed E-state index contributed by atoms with van der Waals surface area (Å²) in [6.07, 6.45) is 8.52. The maximum absolute atomic E-state index is 13.1. The molecule has 0 bridgehead atoms. The lowest BCUT2D eigenvalue weighted by molar-refractivity contribution is 0.0876. The van der Waals surface area contributed by atoms with E-state index in [0.29, 0.717) is 23.0 Å². The summed E-state index contributed by atoms with van der Waals surface area (Å²) in [7, 11) is -3.78. The molecular weight excluding hydrogens is 430 g/mol. The van der Waals surface area contributed by atoms with Crippen molar-refractivity contribution in [1.82, 2.24) is 20.4 Å². The summed E-state index contributed by atoms with van der Waals surface area (Å²) in [4.78, 5) is 21.4. The Balaban J connectivity index is 1.53. The molecular formula is C22H25N5O4S. The molecule has 0 unspecified atom stereocenters. The molecule has 1 fully saturated rings. The van der Waals surface area contributed by atoms with E-state index in [1.54, 1.807) is 19.1 Å². The molecule has 9 nitrogen and oxygen atoms in total. The number of hydrogen-bond donors (Lipinski definition) is 2. The zero-order valence-electron chi connectivity index (χ0n) is 17.7. The van der Waals surface area contributed by atoms with E-state index in [1.807, 2.05) is 0 Å². The molecule has 10 heteroatoms. The number of benzene rings is 1. The number of anilines is 1. The molecule has 0 spiro atoms. The fourth-order valence-electron chi connectivity index (χ4n) is 3.94. The molecule has 0 aliphatic heterocycles. The van der Waals surface area contributed by atoms with Gasteiger partial charge in [0, 0.05) is 24.9 Å². The Hall–Kier alpha value is -3.27. The predicted octanol–water partition coefficient (Wildman–Crippen LogP) is 3.55. The van der Waals surface area contributed by atoms with Crippen molar-refractivity contribution in [3.63, 3.8) is 0 Å². The van der Waals surface area contributed by atoms with E-state index in [4.69, 9.17) is 4.52 Å². The van der Waals surface area contributed by atoms with Crippen LogP contribution in [-0.2, 0) is 15.6 Å². The monoisotopic (exact) mass is 455 g/mol. The number of nitrogens with one attached hydrogen (secondary N) is 2. The molecule has 2 heterocycles. The average molecular weight is 456 g/mol. The molecule has 2 N–H and O–H groups in total. The van der Waals surface area contributed by atoms with Crippen molar-refractivity contribution in [1.29, 1.82) is 0 Å². The molecule has 1 aliphatic carbocycles. The van der Waals surface area contributed by atoms with Gasteiger partial charge in [0.2, 0.25) is 5.89 Å². The summed E-state index contributed by atoms with van der Waals surface area (Å²) < 4.78 is 32.9. The minimum Gasteiger partial charge on any atom is -0.340 e. The molecule has 2 aromatic heterocycles. The maximum Gasteiger partial charge on any atom is 0.261 e. The number of aromatic nitrogens is 3. The Labute approximate surface area is 186 Å². The highest BCUT2D eigenvalue weighted by Gasteiger charge is 2.39. The van der Waals surface area contributed by atoms with Gasteiger partial charge in [-0.25, -0.2) is 8.42 Å². The molecule has 0 saturated heterocycles. The Morgan fingerprint density at radius 2 is 1.66 bits per heavy atom. The smallest absolute Gasteiger partial charge is 0.261 e. The Morgan fingerprint density at radius 3 is 2.25 bits per heavy atom. The standard InChI is InChI=1S/C22H25N5O4S/c1-16-24-21(26-31-16)22(12-4-2-3-5-13-22)25-20(28)17-6-8-19(9-7-17)32(29,30)27-18-10-14-23-15-11-18/h6-11,14-15H,2-5,12-13H2,1H3,(H,23,27)(H,25,28). The molecule has 168 valence electrons. The van der Waals surface area contributed by atoms with Crippen LogP contribution in [0, 0.1) is 6.92 Å². The molecule has 3 aromatic rings. The van der Waals surface area contributed by atoms with E-state index in [2.05, 4.69) is 25.2 Å². The van der Waals surface area contributed by atoms with Gasteiger partial charge < -0.3 is 9.84 Å². The van der Waals surface area contributed by atoms with Gasteiger partial charge in [-0.05, 0) is 49.2 Å². The van der Waals surface area contributed by atoms with Gasteiger partial charge in [0.15, 0.2) is 5.82 Å². The summed E-state index contributed by atoms with van der Waals surface area (Å²) in [5.41, 5.74) is 0.0724. The third-order valence-electron chi connectivity index (χ3n) is 5.62. The second kappa shape index (κ2) is 9.07. The van der Waals surface area contributed by atoms with Crippen molar-refractivity contribution >= 4 is 21.6 Å². The van der Waals surface area contributed by atoms with Crippen LogP contribution in [0.1, 0.15) is 60.6 Å². The summed E-state index contributed by atoms with van der Waals surface area (Å²) in [5, 5.41) is 7.21. The van der Waals surface area contributed by atoms with E-state index in [9.17, 15) is 13.2 Å². The van der Waals surface area contributed by atoms with Crippen LogP contribution in [0.4, 0.5) is 5.69 Å². The number of nitrogens with zero attached hydrogens (tertiary/aromatic N) is 3. The fraction of sp³-hybridized carbons (Fsp3) is 0.364. The number of aryl methyl sites for hydroxylation is 1. The van der Waals surface area contributed by atoms with Gasteiger partial charge in [-0.1, -0.05) is 30.8 Å². The van der Waals surface area contributed by atoms with E-state index >= 15 is 0 Å². The topological polar surface area (TPSA) is 127 Å². The lowest BCUT2D eigenvalue weighted by atomic mass is 9.88. The summed E-state index contributed by atoms with van der Waals surface area (Å²) in [5.74, 6) is 0.639. The first kappa shape index (κ1) is 21.9.